The average Bonchev–Trinajstić information content (AvgIpc) is 3.37. The van der Waals surface area contributed by atoms with Crippen LogP contribution < -0.4 is 15.0 Å². The van der Waals surface area contributed by atoms with Gasteiger partial charge in [-0.05, 0) is 19.1 Å². The third-order valence-electron chi connectivity index (χ3n) is 5.14. The summed E-state index contributed by atoms with van der Waals surface area (Å²) in [6.07, 6.45) is 5.94. The largest absolute Gasteiger partial charge is 0.490 e. The highest BCUT2D eigenvalue weighted by Crippen LogP contribution is 2.39. The van der Waals surface area contributed by atoms with Gasteiger partial charge in [0.15, 0.2) is 5.65 Å². The van der Waals surface area contributed by atoms with E-state index in [0.717, 1.165) is 42.2 Å². The standard InChI is InChI=1S/C20H21N5O3.C2H6/c1-13-9-14-10-16(17(11-18(14)28-13)24-5-7-27-8-6-24)23-20(26)15-12-22-25-4-2-3-21-19(15)25;1-2/h2-4,10-13H,5-9H2,1H3,(H,23,26);1-2H3. The number of nitrogens with zero attached hydrogens (tertiary/aromatic N) is 4. The smallest absolute Gasteiger partial charge is 0.261 e. The molecule has 0 saturated carbocycles. The van der Waals surface area contributed by atoms with E-state index in [4.69, 9.17) is 9.47 Å². The van der Waals surface area contributed by atoms with Crippen molar-refractivity contribution in [2.75, 3.05) is 36.5 Å². The van der Waals surface area contributed by atoms with Crippen LogP contribution in [0.5, 0.6) is 5.75 Å². The number of morpholine rings is 1. The molecular formula is C22H27N5O3. The van der Waals surface area contributed by atoms with E-state index < -0.39 is 0 Å². The Morgan fingerprint density at radius 2 is 2.03 bits per heavy atom. The second-order valence-electron chi connectivity index (χ2n) is 7.11. The van der Waals surface area contributed by atoms with Gasteiger partial charge in [0.05, 0.1) is 30.8 Å². The predicted octanol–water partition coefficient (Wildman–Crippen LogP) is 3.17. The van der Waals surface area contributed by atoms with E-state index >= 15 is 0 Å². The monoisotopic (exact) mass is 409 g/mol. The number of rotatable bonds is 3. The number of carbonyl (C=O) groups is 1. The number of ether oxygens (including phenoxy) is 2. The number of anilines is 2. The van der Waals surface area contributed by atoms with Crippen LogP contribution in [0.1, 0.15) is 36.7 Å². The Balaban J connectivity index is 0.00000106. The third-order valence-corrected chi connectivity index (χ3v) is 5.14. The maximum atomic E-state index is 13.0. The summed E-state index contributed by atoms with van der Waals surface area (Å²) in [7, 11) is 0. The minimum absolute atomic E-state index is 0.141. The van der Waals surface area contributed by atoms with Crippen LogP contribution in [0.15, 0.2) is 36.8 Å². The molecule has 2 aliphatic heterocycles. The van der Waals surface area contributed by atoms with Crippen LogP contribution in [0.3, 0.4) is 0 Å². The van der Waals surface area contributed by atoms with Crippen molar-refractivity contribution in [3.63, 3.8) is 0 Å². The summed E-state index contributed by atoms with van der Waals surface area (Å²) in [5, 5.41) is 7.28. The molecule has 4 heterocycles. The van der Waals surface area contributed by atoms with Gasteiger partial charge in [-0.1, -0.05) is 13.8 Å². The van der Waals surface area contributed by atoms with Gasteiger partial charge in [0, 0.05) is 43.5 Å². The molecule has 1 N–H and O–H groups in total. The van der Waals surface area contributed by atoms with Crippen molar-refractivity contribution in [1.29, 1.82) is 0 Å². The van der Waals surface area contributed by atoms with Crippen LogP contribution in [-0.4, -0.2) is 52.9 Å². The lowest BCUT2D eigenvalue weighted by Crippen LogP contribution is -2.36. The van der Waals surface area contributed by atoms with E-state index in [1.165, 1.54) is 0 Å². The lowest BCUT2D eigenvalue weighted by atomic mass is 10.1. The number of nitrogens with one attached hydrogen (secondary N) is 1. The molecule has 1 unspecified atom stereocenters. The molecule has 1 atom stereocenters. The number of hydrogen-bond donors (Lipinski definition) is 1. The zero-order valence-electron chi connectivity index (χ0n) is 17.6. The second-order valence-corrected chi connectivity index (χ2v) is 7.11. The van der Waals surface area contributed by atoms with Crippen LogP contribution in [0, 0.1) is 0 Å². The van der Waals surface area contributed by atoms with Crippen LogP contribution in [0.4, 0.5) is 11.4 Å². The van der Waals surface area contributed by atoms with Gasteiger partial charge in [0.25, 0.3) is 5.91 Å². The first-order chi connectivity index (χ1) is 14.7. The number of hydrogen-bond acceptors (Lipinski definition) is 6. The van der Waals surface area contributed by atoms with E-state index in [1.54, 1.807) is 29.2 Å². The van der Waals surface area contributed by atoms with Gasteiger partial charge >= 0.3 is 0 Å². The summed E-state index contributed by atoms with van der Waals surface area (Å²) in [6.45, 7) is 8.93. The SMILES string of the molecule is CC.CC1Cc2cc(NC(=O)c3cnn4cccnc34)c(N3CCOCC3)cc2O1. The number of aromatic nitrogens is 3. The van der Waals surface area contributed by atoms with E-state index in [9.17, 15) is 4.79 Å². The molecule has 2 aromatic heterocycles. The zero-order valence-corrected chi connectivity index (χ0v) is 17.6. The predicted molar refractivity (Wildman–Crippen MR) is 116 cm³/mol. The molecule has 1 amide bonds. The van der Waals surface area contributed by atoms with E-state index in [-0.39, 0.29) is 12.0 Å². The van der Waals surface area contributed by atoms with Gasteiger partial charge in [-0.3, -0.25) is 4.79 Å². The van der Waals surface area contributed by atoms with Gasteiger partial charge < -0.3 is 19.7 Å². The van der Waals surface area contributed by atoms with E-state index in [2.05, 4.69) is 27.2 Å². The van der Waals surface area contributed by atoms with Crippen molar-refractivity contribution in [3.8, 4) is 5.75 Å². The Morgan fingerprint density at radius 3 is 2.83 bits per heavy atom. The molecule has 0 bridgehead atoms. The molecule has 1 aromatic carbocycles. The van der Waals surface area contributed by atoms with Crippen LogP contribution in [-0.2, 0) is 11.2 Å². The van der Waals surface area contributed by atoms with Crippen LogP contribution >= 0.6 is 0 Å². The minimum atomic E-state index is -0.227. The average molecular weight is 409 g/mol. The summed E-state index contributed by atoms with van der Waals surface area (Å²) >= 11 is 0. The van der Waals surface area contributed by atoms with Gasteiger partial charge in [0.2, 0.25) is 0 Å². The molecule has 158 valence electrons. The number of benzene rings is 1. The Hall–Kier alpha value is -3.13. The summed E-state index contributed by atoms with van der Waals surface area (Å²) in [5.74, 6) is 0.666. The normalized spacial score (nSPS) is 17.7. The summed E-state index contributed by atoms with van der Waals surface area (Å²) in [4.78, 5) is 19.5. The summed E-state index contributed by atoms with van der Waals surface area (Å²) in [6, 6.07) is 5.84. The van der Waals surface area contributed by atoms with Gasteiger partial charge in [0.1, 0.15) is 17.4 Å². The van der Waals surface area contributed by atoms with Crippen molar-refractivity contribution in [2.24, 2.45) is 0 Å². The highest BCUT2D eigenvalue weighted by atomic mass is 16.5. The first-order valence-corrected chi connectivity index (χ1v) is 10.4. The van der Waals surface area contributed by atoms with Crippen molar-refractivity contribution >= 4 is 22.9 Å². The highest BCUT2D eigenvalue weighted by Gasteiger charge is 2.25. The molecule has 0 spiro atoms. The fourth-order valence-corrected chi connectivity index (χ4v) is 3.79. The maximum absolute atomic E-state index is 13.0. The lowest BCUT2D eigenvalue weighted by molar-refractivity contribution is 0.102. The Morgan fingerprint density at radius 1 is 1.23 bits per heavy atom. The lowest BCUT2D eigenvalue weighted by Gasteiger charge is -2.31. The zero-order chi connectivity index (χ0) is 21.1. The minimum Gasteiger partial charge on any atom is -0.490 e. The number of fused-ring (bicyclic) bond motifs is 2. The quantitative estimate of drug-likeness (QED) is 0.716. The fourth-order valence-electron chi connectivity index (χ4n) is 3.79. The molecule has 1 fully saturated rings. The molecule has 5 rings (SSSR count). The van der Waals surface area contributed by atoms with Crippen molar-refractivity contribution in [1.82, 2.24) is 14.6 Å². The highest BCUT2D eigenvalue weighted by molar-refractivity contribution is 6.09. The van der Waals surface area contributed by atoms with Crippen molar-refractivity contribution in [3.05, 3.63) is 47.9 Å². The third kappa shape index (κ3) is 3.82. The Labute approximate surface area is 175 Å². The molecule has 2 aliphatic rings. The molecule has 3 aromatic rings. The maximum Gasteiger partial charge on any atom is 0.261 e. The number of carbonyl (C=O) groups excluding carboxylic acids is 1. The first kappa shape index (κ1) is 20.2. The summed E-state index contributed by atoms with van der Waals surface area (Å²) < 4.78 is 13.0. The van der Waals surface area contributed by atoms with E-state index in [0.29, 0.717) is 24.4 Å². The molecule has 0 radical (unpaired) electrons. The second kappa shape index (κ2) is 8.71. The van der Waals surface area contributed by atoms with E-state index in [1.807, 2.05) is 26.0 Å². The van der Waals surface area contributed by atoms with Gasteiger partial charge in [-0.15, -0.1) is 0 Å². The van der Waals surface area contributed by atoms with Crippen molar-refractivity contribution < 1.29 is 14.3 Å². The molecule has 30 heavy (non-hydrogen) atoms. The van der Waals surface area contributed by atoms with Crippen LogP contribution in [0.25, 0.3) is 5.65 Å². The Kier molecular flexibility index (Phi) is 5.85. The van der Waals surface area contributed by atoms with Crippen LogP contribution in [0.2, 0.25) is 0 Å². The van der Waals surface area contributed by atoms with Crippen molar-refractivity contribution in [2.45, 2.75) is 33.3 Å². The molecule has 0 aliphatic carbocycles. The Bertz CT molecular complexity index is 1040. The molecule has 8 nitrogen and oxygen atoms in total. The van der Waals surface area contributed by atoms with Gasteiger partial charge in [-0.25, -0.2) is 9.50 Å². The van der Waals surface area contributed by atoms with Gasteiger partial charge in [-0.2, -0.15) is 5.10 Å². The number of amides is 1. The topological polar surface area (TPSA) is 81.0 Å². The summed E-state index contributed by atoms with van der Waals surface area (Å²) in [5.41, 5.74) is 3.81. The molecule has 8 heteroatoms. The molecular weight excluding hydrogens is 382 g/mol. The fraction of sp³-hybridized carbons (Fsp3) is 0.409. The first-order valence-electron chi connectivity index (χ1n) is 10.4. The molecule has 1 saturated heterocycles.